The Labute approximate surface area is 125 Å². The number of aromatic nitrogens is 3. The van der Waals surface area contributed by atoms with Gasteiger partial charge in [-0.05, 0) is 46.5 Å². The maximum Gasteiger partial charge on any atom is 0.156 e. The first-order valence-corrected chi connectivity index (χ1v) is 7.39. The van der Waals surface area contributed by atoms with E-state index in [0.29, 0.717) is 6.04 Å². The number of hydrogen-bond donors (Lipinski definition) is 1. The Balaban J connectivity index is 1.91. The first-order chi connectivity index (χ1) is 9.15. The van der Waals surface area contributed by atoms with Crippen molar-refractivity contribution in [3.05, 3.63) is 33.4 Å². The third kappa shape index (κ3) is 2.83. The number of hydrogen-bond acceptors (Lipinski definition) is 3. The van der Waals surface area contributed by atoms with Gasteiger partial charge in [0.25, 0.3) is 0 Å². The first kappa shape index (κ1) is 13.1. The van der Waals surface area contributed by atoms with Crippen molar-refractivity contribution >= 4 is 27.5 Å². The Hall–Kier alpha value is -0.910. The summed E-state index contributed by atoms with van der Waals surface area (Å²) in [5, 5.41) is 12.3. The fourth-order valence-electron chi connectivity index (χ4n) is 2.04. The quantitative estimate of drug-likeness (QED) is 0.929. The molecule has 2 aromatic rings. The summed E-state index contributed by atoms with van der Waals surface area (Å²) < 4.78 is 2.50. The molecule has 0 atom stereocenters. The lowest BCUT2D eigenvalue weighted by atomic mass is 10.1. The Morgan fingerprint density at radius 2 is 2.26 bits per heavy atom. The van der Waals surface area contributed by atoms with Gasteiger partial charge in [0.2, 0.25) is 0 Å². The fourth-order valence-corrected chi connectivity index (χ4v) is 2.78. The first-order valence-electron chi connectivity index (χ1n) is 6.22. The van der Waals surface area contributed by atoms with E-state index in [4.69, 9.17) is 11.6 Å². The molecular weight excluding hydrogens is 328 g/mol. The highest BCUT2D eigenvalue weighted by Crippen LogP contribution is 2.29. The topological polar surface area (TPSA) is 42.7 Å². The van der Waals surface area contributed by atoms with Gasteiger partial charge in [-0.2, -0.15) is 0 Å². The SMILES string of the molecule is Cn1nnc(Br)c1-c1ccc(Cl)c(CNC2CC2)c1. The molecule has 1 aromatic heterocycles. The van der Waals surface area contributed by atoms with E-state index >= 15 is 0 Å². The number of nitrogens with zero attached hydrogens (tertiary/aromatic N) is 3. The molecule has 1 aliphatic rings. The summed E-state index contributed by atoms with van der Waals surface area (Å²) >= 11 is 9.68. The third-order valence-corrected chi connectivity index (χ3v) is 4.17. The number of aryl methyl sites for hydroxylation is 1. The number of benzene rings is 1. The van der Waals surface area contributed by atoms with E-state index in [1.54, 1.807) is 4.68 Å². The molecule has 1 fully saturated rings. The molecule has 0 unspecified atom stereocenters. The van der Waals surface area contributed by atoms with E-state index in [0.717, 1.165) is 33.0 Å². The molecule has 19 heavy (non-hydrogen) atoms. The van der Waals surface area contributed by atoms with E-state index in [1.807, 2.05) is 19.2 Å². The zero-order chi connectivity index (χ0) is 13.4. The molecule has 4 nitrogen and oxygen atoms in total. The van der Waals surface area contributed by atoms with E-state index in [2.05, 4.69) is 37.6 Å². The van der Waals surface area contributed by atoms with Crippen LogP contribution in [0.4, 0.5) is 0 Å². The minimum atomic E-state index is 0.671. The van der Waals surface area contributed by atoms with Crippen LogP contribution in [0, 0.1) is 0 Å². The van der Waals surface area contributed by atoms with Crippen LogP contribution < -0.4 is 5.32 Å². The third-order valence-electron chi connectivity index (χ3n) is 3.26. The molecule has 100 valence electrons. The minimum Gasteiger partial charge on any atom is -0.310 e. The van der Waals surface area contributed by atoms with Crippen molar-refractivity contribution in [2.75, 3.05) is 0 Å². The zero-order valence-corrected chi connectivity index (χ0v) is 12.9. The summed E-state index contributed by atoms with van der Waals surface area (Å²) in [6.45, 7) is 0.806. The average Bonchev–Trinajstić information content (AvgIpc) is 3.15. The second kappa shape index (κ2) is 5.23. The van der Waals surface area contributed by atoms with Crippen LogP contribution in [-0.2, 0) is 13.6 Å². The monoisotopic (exact) mass is 340 g/mol. The second-order valence-corrected chi connectivity index (χ2v) is 5.97. The summed E-state index contributed by atoms with van der Waals surface area (Å²) in [4.78, 5) is 0. The molecule has 0 amide bonds. The van der Waals surface area contributed by atoms with Crippen molar-refractivity contribution in [1.29, 1.82) is 0 Å². The molecule has 1 heterocycles. The summed E-state index contributed by atoms with van der Waals surface area (Å²) in [6.07, 6.45) is 2.54. The average molecular weight is 342 g/mol. The van der Waals surface area contributed by atoms with E-state index in [-0.39, 0.29) is 0 Å². The Morgan fingerprint density at radius 3 is 2.89 bits per heavy atom. The van der Waals surface area contributed by atoms with Gasteiger partial charge in [0.1, 0.15) is 5.69 Å². The van der Waals surface area contributed by atoms with Gasteiger partial charge < -0.3 is 5.32 Å². The Kier molecular flexibility index (Phi) is 3.60. The van der Waals surface area contributed by atoms with Gasteiger partial charge in [-0.25, -0.2) is 4.68 Å². The highest BCUT2D eigenvalue weighted by Gasteiger charge is 2.20. The minimum absolute atomic E-state index is 0.671. The highest BCUT2D eigenvalue weighted by molar-refractivity contribution is 9.10. The van der Waals surface area contributed by atoms with Crippen molar-refractivity contribution in [2.24, 2.45) is 7.05 Å². The molecule has 0 spiro atoms. The Bertz CT molecular complexity index is 587. The standard InChI is InChI=1S/C13H14BrClN4/c1-19-12(13(14)17-18-19)8-2-5-11(15)9(6-8)7-16-10-3-4-10/h2,5-6,10,16H,3-4,7H2,1H3. The van der Waals surface area contributed by atoms with Crippen LogP contribution >= 0.6 is 27.5 Å². The lowest BCUT2D eigenvalue weighted by molar-refractivity contribution is 0.687. The van der Waals surface area contributed by atoms with Gasteiger partial charge in [-0.3, -0.25) is 0 Å². The van der Waals surface area contributed by atoms with E-state index in [9.17, 15) is 0 Å². The van der Waals surface area contributed by atoms with Gasteiger partial charge >= 0.3 is 0 Å². The summed E-state index contributed by atoms with van der Waals surface area (Å²) in [5.41, 5.74) is 3.14. The predicted molar refractivity (Wildman–Crippen MR) is 79.0 cm³/mol. The number of halogens is 2. The maximum absolute atomic E-state index is 6.25. The molecule has 1 aliphatic carbocycles. The smallest absolute Gasteiger partial charge is 0.156 e. The molecule has 6 heteroatoms. The highest BCUT2D eigenvalue weighted by atomic mass is 79.9. The molecule has 0 aliphatic heterocycles. The second-order valence-electron chi connectivity index (χ2n) is 4.81. The molecule has 3 rings (SSSR count). The van der Waals surface area contributed by atoms with Crippen LogP contribution in [0.2, 0.25) is 5.02 Å². The van der Waals surface area contributed by atoms with Crippen molar-refractivity contribution < 1.29 is 0 Å². The van der Waals surface area contributed by atoms with Gasteiger partial charge in [0.15, 0.2) is 4.60 Å². The normalized spacial score (nSPS) is 14.9. The van der Waals surface area contributed by atoms with Crippen molar-refractivity contribution in [1.82, 2.24) is 20.3 Å². The molecule has 0 bridgehead atoms. The van der Waals surface area contributed by atoms with Crippen LogP contribution in [0.25, 0.3) is 11.3 Å². The lowest BCUT2D eigenvalue weighted by Gasteiger charge is -2.09. The molecule has 0 saturated heterocycles. The maximum atomic E-state index is 6.25. The largest absolute Gasteiger partial charge is 0.310 e. The van der Waals surface area contributed by atoms with Crippen molar-refractivity contribution in [2.45, 2.75) is 25.4 Å². The van der Waals surface area contributed by atoms with Crippen molar-refractivity contribution in [3.63, 3.8) is 0 Å². The number of rotatable bonds is 4. The fraction of sp³-hybridized carbons (Fsp3) is 0.385. The van der Waals surface area contributed by atoms with Crippen LogP contribution in [0.1, 0.15) is 18.4 Å². The van der Waals surface area contributed by atoms with Gasteiger partial charge in [-0.1, -0.05) is 22.9 Å². The molecule has 1 saturated carbocycles. The van der Waals surface area contributed by atoms with Gasteiger partial charge in [0.05, 0.1) is 0 Å². The van der Waals surface area contributed by atoms with Crippen LogP contribution in [0.15, 0.2) is 22.8 Å². The Morgan fingerprint density at radius 1 is 1.47 bits per heavy atom. The predicted octanol–water partition coefficient (Wildman–Crippen LogP) is 3.15. The van der Waals surface area contributed by atoms with Gasteiger partial charge in [-0.15, -0.1) is 5.10 Å². The van der Waals surface area contributed by atoms with Crippen LogP contribution in [-0.4, -0.2) is 21.0 Å². The van der Waals surface area contributed by atoms with Crippen molar-refractivity contribution in [3.8, 4) is 11.3 Å². The molecule has 1 N–H and O–H groups in total. The molecular formula is C13H14BrClN4. The van der Waals surface area contributed by atoms with Gasteiger partial charge in [0, 0.05) is 30.2 Å². The lowest BCUT2D eigenvalue weighted by Crippen LogP contribution is -2.15. The molecule has 1 aromatic carbocycles. The summed E-state index contributed by atoms with van der Waals surface area (Å²) in [5.74, 6) is 0. The molecule has 0 radical (unpaired) electrons. The number of nitrogens with one attached hydrogen (secondary N) is 1. The summed E-state index contributed by atoms with van der Waals surface area (Å²) in [7, 11) is 1.88. The van der Waals surface area contributed by atoms with E-state index in [1.165, 1.54) is 12.8 Å². The van der Waals surface area contributed by atoms with Crippen LogP contribution in [0.3, 0.4) is 0 Å². The zero-order valence-electron chi connectivity index (χ0n) is 10.5. The van der Waals surface area contributed by atoms with Crippen LogP contribution in [0.5, 0.6) is 0 Å². The summed E-state index contributed by atoms with van der Waals surface area (Å²) in [6, 6.07) is 6.69. The van der Waals surface area contributed by atoms with E-state index < -0.39 is 0 Å².